The van der Waals surface area contributed by atoms with Crippen LogP contribution in [0.4, 0.5) is 5.82 Å². The highest BCUT2D eigenvalue weighted by molar-refractivity contribution is 5.82. The molecule has 0 spiro atoms. The molecule has 0 unspecified atom stereocenters. The number of rotatable bonds is 4. The molecule has 3 heterocycles. The maximum absolute atomic E-state index is 10.2. The van der Waals surface area contributed by atoms with Gasteiger partial charge in [-0.25, -0.2) is 15.0 Å². The van der Waals surface area contributed by atoms with Crippen LogP contribution in [0.1, 0.15) is 11.8 Å². The number of anilines is 1. The standard InChI is InChI=1S/C19H19N5O4/c25-9-13-15(26)16(27)19(28-13)24-11-23-14-17(21-10-22-18(14)24)20-8-4-7-12-5-2-1-3-6-12/h1-3,5-6,10-11,13,15-16,19,25-27H,8-9H2,(H,20,21,22)/t13-,15-,16-,19-/m1/s1. The summed E-state index contributed by atoms with van der Waals surface area (Å²) in [6, 6.07) is 9.65. The Hall–Kier alpha value is -3.03. The number of aliphatic hydroxyl groups excluding tert-OH is 3. The monoisotopic (exact) mass is 381 g/mol. The van der Waals surface area contributed by atoms with Crippen LogP contribution in [0.5, 0.6) is 0 Å². The van der Waals surface area contributed by atoms with E-state index in [1.54, 1.807) is 0 Å². The van der Waals surface area contributed by atoms with Gasteiger partial charge in [0.15, 0.2) is 23.2 Å². The van der Waals surface area contributed by atoms with Crippen molar-refractivity contribution < 1.29 is 20.1 Å². The van der Waals surface area contributed by atoms with Crippen LogP contribution in [0, 0.1) is 11.8 Å². The molecule has 9 heteroatoms. The molecule has 4 atom stereocenters. The van der Waals surface area contributed by atoms with Crippen molar-refractivity contribution in [3.05, 3.63) is 48.5 Å². The van der Waals surface area contributed by atoms with Gasteiger partial charge < -0.3 is 25.4 Å². The second-order valence-corrected chi connectivity index (χ2v) is 6.30. The maximum atomic E-state index is 10.2. The summed E-state index contributed by atoms with van der Waals surface area (Å²) in [7, 11) is 0. The summed E-state index contributed by atoms with van der Waals surface area (Å²) >= 11 is 0. The number of nitrogens with zero attached hydrogens (tertiary/aromatic N) is 4. The number of benzene rings is 1. The smallest absolute Gasteiger partial charge is 0.167 e. The van der Waals surface area contributed by atoms with Crippen LogP contribution in [0.3, 0.4) is 0 Å². The number of aromatic nitrogens is 4. The summed E-state index contributed by atoms with van der Waals surface area (Å²) in [5, 5.41) is 32.6. The quantitative estimate of drug-likeness (QED) is 0.462. The van der Waals surface area contributed by atoms with Crippen LogP contribution < -0.4 is 5.32 Å². The zero-order valence-corrected chi connectivity index (χ0v) is 14.8. The van der Waals surface area contributed by atoms with Crippen molar-refractivity contribution in [2.24, 2.45) is 0 Å². The van der Waals surface area contributed by atoms with E-state index >= 15 is 0 Å². The number of ether oxygens (including phenoxy) is 1. The molecule has 2 aromatic heterocycles. The SMILES string of the molecule is OC[C@H]1O[C@@H](n2cnc3c(NCC#Cc4ccccc4)ncnc32)[C@H](O)[C@@H]1O. The molecule has 0 aliphatic carbocycles. The molecule has 1 aliphatic heterocycles. The largest absolute Gasteiger partial charge is 0.394 e. The van der Waals surface area contributed by atoms with Gasteiger partial charge in [-0.3, -0.25) is 4.57 Å². The van der Waals surface area contributed by atoms with Crippen LogP contribution in [-0.4, -0.2) is 66.3 Å². The molecule has 0 radical (unpaired) electrons. The Morgan fingerprint density at radius 3 is 2.68 bits per heavy atom. The van der Waals surface area contributed by atoms with E-state index in [4.69, 9.17) is 4.74 Å². The van der Waals surface area contributed by atoms with Crippen molar-refractivity contribution in [3.63, 3.8) is 0 Å². The molecule has 144 valence electrons. The lowest BCUT2D eigenvalue weighted by Crippen LogP contribution is -2.33. The zero-order chi connectivity index (χ0) is 19.5. The van der Waals surface area contributed by atoms with Gasteiger partial charge in [0.05, 0.1) is 19.5 Å². The van der Waals surface area contributed by atoms with Crippen LogP contribution in [-0.2, 0) is 4.74 Å². The first-order chi connectivity index (χ1) is 13.7. The summed E-state index contributed by atoms with van der Waals surface area (Å²) in [4.78, 5) is 12.7. The van der Waals surface area contributed by atoms with Crippen LogP contribution in [0.2, 0.25) is 0 Å². The first-order valence-corrected chi connectivity index (χ1v) is 8.77. The Morgan fingerprint density at radius 1 is 1.11 bits per heavy atom. The molecule has 0 saturated carbocycles. The van der Waals surface area contributed by atoms with Crippen LogP contribution >= 0.6 is 0 Å². The molecule has 0 bridgehead atoms. The summed E-state index contributed by atoms with van der Waals surface area (Å²) in [6.07, 6.45) is -1.35. The molecule has 1 saturated heterocycles. The van der Waals surface area contributed by atoms with Gasteiger partial charge in [-0.2, -0.15) is 0 Å². The van der Waals surface area contributed by atoms with Crippen molar-refractivity contribution in [2.75, 3.05) is 18.5 Å². The third-order valence-corrected chi connectivity index (χ3v) is 4.50. The van der Waals surface area contributed by atoms with E-state index in [1.807, 2.05) is 30.3 Å². The fourth-order valence-electron chi connectivity index (χ4n) is 3.07. The highest BCUT2D eigenvalue weighted by Gasteiger charge is 2.44. The Kier molecular flexibility index (Phi) is 5.18. The minimum atomic E-state index is -1.21. The molecule has 9 nitrogen and oxygen atoms in total. The second-order valence-electron chi connectivity index (χ2n) is 6.30. The Bertz CT molecular complexity index is 1010. The predicted octanol–water partition coefficient (Wildman–Crippen LogP) is -0.0986. The number of hydrogen-bond acceptors (Lipinski definition) is 8. The van der Waals surface area contributed by atoms with Gasteiger partial charge in [0, 0.05) is 5.56 Å². The van der Waals surface area contributed by atoms with Crippen molar-refractivity contribution >= 4 is 17.0 Å². The van der Waals surface area contributed by atoms with Crippen LogP contribution in [0.15, 0.2) is 43.0 Å². The molecular formula is C19H19N5O4. The number of imidazole rings is 1. The Balaban J connectivity index is 1.53. The van der Waals surface area contributed by atoms with Gasteiger partial charge in [-0.05, 0) is 12.1 Å². The van der Waals surface area contributed by atoms with Crippen molar-refractivity contribution in [3.8, 4) is 11.8 Å². The average molecular weight is 381 g/mol. The van der Waals surface area contributed by atoms with E-state index < -0.39 is 31.1 Å². The average Bonchev–Trinajstić information content (AvgIpc) is 3.28. The van der Waals surface area contributed by atoms with Gasteiger partial charge in [-0.1, -0.05) is 30.0 Å². The second kappa shape index (κ2) is 7.92. The highest BCUT2D eigenvalue weighted by Crippen LogP contribution is 2.31. The molecule has 4 rings (SSSR count). The summed E-state index contributed by atoms with van der Waals surface area (Å²) in [6.45, 7) is -0.0368. The molecule has 1 aliphatic rings. The van der Waals surface area contributed by atoms with E-state index in [1.165, 1.54) is 17.2 Å². The number of hydrogen-bond donors (Lipinski definition) is 4. The lowest BCUT2D eigenvalue weighted by molar-refractivity contribution is -0.0511. The molecule has 3 aromatic rings. The van der Waals surface area contributed by atoms with Gasteiger partial charge in [0.1, 0.15) is 24.6 Å². The van der Waals surface area contributed by atoms with Crippen LogP contribution in [0.25, 0.3) is 11.2 Å². The van der Waals surface area contributed by atoms with Gasteiger partial charge in [0.2, 0.25) is 0 Å². The lowest BCUT2D eigenvalue weighted by Gasteiger charge is -2.16. The van der Waals surface area contributed by atoms with E-state index in [0.29, 0.717) is 23.5 Å². The van der Waals surface area contributed by atoms with E-state index in [0.717, 1.165) is 5.56 Å². The third-order valence-electron chi connectivity index (χ3n) is 4.50. The normalized spacial score (nSPS) is 24.1. The van der Waals surface area contributed by atoms with Gasteiger partial charge in [-0.15, -0.1) is 0 Å². The summed E-state index contributed by atoms with van der Waals surface area (Å²) in [5.74, 6) is 6.57. The maximum Gasteiger partial charge on any atom is 0.167 e. The molecule has 28 heavy (non-hydrogen) atoms. The predicted molar refractivity (Wildman–Crippen MR) is 100 cm³/mol. The number of fused-ring (bicyclic) bond motifs is 1. The molecule has 1 fully saturated rings. The van der Waals surface area contributed by atoms with E-state index in [-0.39, 0.29) is 0 Å². The molecular weight excluding hydrogens is 362 g/mol. The van der Waals surface area contributed by atoms with Gasteiger partial charge in [0.25, 0.3) is 0 Å². The zero-order valence-electron chi connectivity index (χ0n) is 14.8. The minimum Gasteiger partial charge on any atom is -0.394 e. The van der Waals surface area contributed by atoms with E-state index in [2.05, 4.69) is 32.1 Å². The highest BCUT2D eigenvalue weighted by atomic mass is 16.6. The number of aliphatic hydroxyl groups is 3. The fraction of sp³-hybridized carbons (Fsp3) is 0.316. The van der Waals surface area contributed by atoms with E-state index in [9.17, 15) is 15.3 Å². The summed E-state index contributed by atoms with van der Waals surface area (Å²) < 4.78 is 7.06. The Morgan fingerprint density at radius 2 is 1.93 bits per heavy atom. The molecule has 4 N–H and O–H groups in total. The first kappa shape index (κ1) is 18.3. The Labute approximate surface area is 160 Å². The molecule has 0 amide bonds. The third kappa shape index (κ3) is 3.42. The lowest BCUT2D eigenvalue weighted by atomic mass is 10.1. The van der Waals surface area contributed by atoms with Crippen molar-refractivity contribution in [1.82, 2.24) is 19.5 Å². The minimum absolute atomic E-state index is 0.363. The van der Waals surface area contributed by atoms with Gasteiger partial charge >= 0.3 is 0 Å². The summed E-state index contributed by atoms with van der Waals surface area (Å²) in [5.41, 5.74) is 1.84. The van der Waals surface area contributed by atoms with Crippen molar-refractivity contribution in [1.29, 1.82) is 0 Å². The van der Waals surface area contributed by atoms with Crippen molar-refractivity contribution in [2.45, 2.75) is 24.5 Å². The fourth-order valence-corrected chi connectivity index (χ4v) is 3.07. The first-order valence-electron chi connectivity index (χ1n) is 8.77. The molecule has 1 aromatic carbocycles. The number of nitrogens with one attached hydrogen (secondary N) is 1. The topological polar surface area (TPSA) is 126 Å².